The van der Waals surface area contributed by atoms with Crippen LogP contribution in [-0.4, -0.2) is 33.4 Å². The third kappa shape index (κ3) is 3.58. The van der Waals surface area contributed by atoms with Gasteiger partial charge in [-0.05, 0) is 37.0 Å². The van der Waals surface area contributed by atoms with Crippen LogP contribution in [0.25, 0.3) is 11.5 Å². The van der Waals surface area contributed by atoms with Gasteiger partial charge in [-0.2, -0.15) is 0 Å². The first-order chi connectivity index (χ1) is 16.7. The molecule has 0 spiro atoms. The first-order valence-corrected chi connectivity index (χ1v) is 12.1. The molecule has 1 aliphatic carbocycles. The van der Waals surface area contributed by atoms with Crippen LogP contribution in [0.2, 0.25) is 0 Å². The first-order valence-electron chi connectivity index (χ1n) is 12.1. The average molecular weight is 458 g/mol. The summed E-state index contributed by atoms with van der Waals surface area (Å²) < 4.78 is 18.0. The van der Waals surface area contributed by atoms with Crippen LogP contribution in [0.3, 0.4) is 0 Å². The molecule has 3 aliphatic rings. The maximum atomic E-state index is 6.58. The number of methoxy groups -OCH3 is 1. The van der Waals surface area contributed by atoms with Gasteiger partial charge < -0.3 is 29.4 Å². The minimum absolute atomic E-state index is 0.169. The Labute approximate surface area is 200 Å². The molecule has 2 aromatic carbocycles. The van der Waals surface area contributed by atoms with E-state index in [-0.39, 0.29) is 5.54 Å². The van der Waals surface area contributed by atoms with Crippen LogP contribution < -0.4 is 15.5 Å². The van der Waals surface area contributed by atoms with Crippen molar-refractivity contribution in [2.75, 3.05) is 43.2 Å². The fourth-order valence-electron chi connectivity index (χ4n) is 5.27. The predicted octanol–water partition coefficient (Wildman–Crippen LogP) is 4.95. The summed E-state index contributed by atoms with van der Waals surface area (Å²) in [6, 6.07) is 21.3. The summed E-state index contributed by atoms with van der Waals surface area (Å²) in [5.74, 6) is 2.62. The molecule has 0 unspecified atom stereocenters. The van der Waals surface area contributed by atoms with E-state index in [1.165, 1.54) is 12.0 Å². The molecule has 34 heavy (non-hydrogen) atoms. The van der Waals surface area contributed by atoms with Crippen molar-refractivity contribution in [1.82, 2.24) is 0 Å². The zero-order valence-electron chi connectivity index (χ0n) is 19.6. The van der Waals surface area contributed by atoms with E-state index in [1.54, 1.807) is 7.11 Å². The molecule has 6 rings (SSSR count). The second-order valence-corrected chi connectivity index (χ2v) is 9.41. The molecule has 6 heteroatoms. The number of furan rings is 1. The number of rotatable bonds is 5. The van der Waals surface area contributed by atoms with E-state index in [9.17, 15) is 0 Å². The minimum Gasteiger partial charge on any atom is -0.494 e. The number of fused-ring (bicyclic) bond motifs is 1. The summed E-state index contributed by atoms with van der Waals surface area (Å²) in [5, 5.41) is 0. The highest BCUT2D eigenvalue weighted by atomic mass is 16.5. The number of anilines is 2. The number of ether oxygens (including phenoxy) is 2. The molecule has 1 aromatic heterocycles. The largest absolute Gasteiger partial charge is 0.494 e. The summed E-state index contributed by atoms with van der Waals surface area (Å²) in [5.41, 5.74) is 11.9. The Bertz CT molecular complexity index is 1190. The number of hydrogen-bond donors (Lipinski definition) is 1. The summed E-state index contributed by atoms with van der Waals surface area (Å²) in [7, 11) is 1.74. The zero-order chi connectivity index (χ0) is 23.1. The molecule has 1 saturated carbocycles. The standard InChI is InChI=1S/C28H31N3O3/c1-32-27-23-18-25(30-14-16-33-17-15-30)34-24(23)19-31(26(27)20-6-3-2-4-7-20)22-10-8-21(9-11-22)28(29)12-5-13-28/h2-4,6-11,18H,5,12-17,19,29H2,1H3. The smallest absolute Gasteiger partial charge is 0.196 e. The van der Waals surface area contributed by atoms with Crippen LogP contribution in [-0.2, 0) is 21.6 Å². The lowest BCUT2D eigenvalue weighted by molar-refractivity contribution is 0.120. The lowest BCUT2D eigenvalue weighted by Gasteiger charge is -2.39. The van der Waals surface area contributed by atoms with E-state index in [0.717, 1.165) is 65.8 Å². The fraction of sp³-hybridized carbons (Fsp3) is 0.357. The van der Waals surface area contributed by atoms with Gasteiger partial charge in [0.15, 0.2) is 11.6 Å². The van der Waals surface area contributed by atoms with Gasteiger partial charge in [-0.25, -0.2) is 0 Å². The van der Waals surface area contributed by atoms with Crippen molar-refractivity contribution in [2.24, 2.45) is 5.73 Å². The SMILES string of the molecule is COC1=C(c2ccccc2)N(c2ccc(C3(N)CCC3)cc2)Cc2oc(N3CCOCC3)cc21. The molecule has 1 saturated heterocycles. The van der Waals surface area contributed by atoms with Crippen LogP contribution >= 0.6 is 0 Å². The van der Waals surface area contributed by atoms with Gasteiger partial charge in [0.1, 0.15) is 5.76 Å². The Kier molecular flexibility index (Phi) is 5.35. The van der Waals surface area contributed by atoms with Gasteiger partial charge in [0.05, 0.1) is 38.1 Å². The van der Waals surface area contributed by atoms with Crippen molar-refractivity contribution in [1.29, 1.82) is 0 Å². The lowest BCUT2D eigenvalue weighted by Crippen LogP contribution is -2.43. The Morgan fingerprint density at radius 3 is 2.35 bits per heavy atom. The van der Waals surface area contributed by atoms with E-state index >= 15 is 0 Å². The molecule has 0 atom stereocenters. The second-order valence-electron chi connectivity index (χ2n) is 9.41. The van der Waals surface area contributed by atoms with Crippen molar-refractivity contribution < 1.29 is 13.9 Å². The van der Waals surface area contributed by atoms with E-state index < -0.39 is 0 Å². The summed E-state index contributed by atoms with van der Waals surface area (Å²) >= 11 is 0. The molecule has 2 N–H and O–H groups in total. The van der Waals surface area contributed by atoms with Gasteiger partial charge in [0.25, 0.3) is 0 Å². The molecular formula is C28H31N3O3. The minimum atomic E-state index is -0.169. The Morgan fingerprint density at radius 2 is 1.71 bits per heavy atom. The van der Waals surface area contributed by atoms with Crippen LogP contribution in [0.5, 0.6) is 0 Å². The molecule has 3 heterocycles. The monoisotopic (exact) mass is 457 g/mol. The van der Waals surface area contributed by atoms with Crippen molar-refractivity contribution in [3.8, 4) is 0 Å². The van der Waals surface area contributed by atoms with Crippen molar-refractivity contribution in [3.05, 3.63) is 83.1 Å². The molecule has 0 bridgehead atoms. The van der Waals surface area contributed by atoms with Gasteiger partial charge in [0.2, 0.25) is 0 Å². The molecule has 176 valence electrons. The summed E-state index contributed by atoms with van der Waals surface area (Å²) in [4.78, 5) is 4.53. The van der Waals surface area contributed by atoms with Gasteiger partial charge in [0, 0.05) is 35.9 Å². The number of nitrogens with two attached hydrogens (primary N) is 1. The molecule has 6 nitrogen and oxygen atoms in total. The predicted molar refractivity (Wildman–Crippen MR) is 134 cm³/mol. The number of nitrogens with zero attached hydrogens (tertiary/aromatic N) is 2. The quantitative estimate of drug-likeness (QED) is 0.585. The van der Waals surface area contributed by atoms with Crippen LogP contribution in [0.1, 0.15) is 41.7 Å². The van der Waals surface area contributed by atoms with Crippen LogP contribution in [0.15, 0.2) is 65.1 Å². The maximum Gasteiger partial charge on any atom is 0.196 e. The van der Waals surface area contributed by atoms with E-state index in [0.29, 0.717) is 19.8 Å². The third-order valence-electron chi connectivity index (χ3n) is 7.40. The number of morpholine rings is 1. The molecular weight excluding hydrogens is 426 g/mol. The normalized spacial score (nSPS) is 19.6. The van der Waals surface area contributed by atoms with E-state index in [1.807, 2.05) is 6.07 Å². The van der Waals surface area contributed by atoms with Crippen molar-refractivity contribution in [3.63, 3.8) is 0 Å². The van der Waals surface area contributed by atoms with Gasteiger partial charge in [-0.15, -0.1) is 0 Å². The highest BCUT2D eigenvalue weighted by Crippen LogP contribution is 2.44. The third-order valence-corrected chi connectivity index (χ3v) is 7.40. The molecule has 0 radical (unpaired) electrons. The average Bonchev–Trinajstić information content (AvgIpc) is 3.31. The van der Waals surface area contributed by atoms with Gasteiger partial charge >= 0.3 is 0 Å². The second kappa shape index (κ2) is 8.53. The molecule has 2 fully saturated rings. The van der Waals surface area contributed by atoms with Crippen LogP contribution in [0.4, 0.5) is 11.6 Å². The Hall–Kier alpha value is -3.22. The number of benzene rings is 2. The topological polar surface area (TPSA) is 64.1 Å². The molecule has 2 aliphatic heterocycles. The van der Waals surface area contributed by atoms with E-state index in [2.05, 4.69) is 64.4 Å². The van der Waals surface area contributed by atoms with Crippen molar-refractivity contribution >= 4 is 23.0 Å². The summed E-state index contributed by atoms with van der Waals surface area (Å²) in [6.07, 6.45) is 3.31. The zero-order valence-corrected chi connectivity index (χ0v) is 19.6. The Balaban J connectivity index is 1.43. The lowest BCUT2D eigenvalue weighted by atomic mass is 9.73. The Morgan fingerprint density at radius 1 is 0.971 bits per heavy atom. The summed E-state index contributed by atoms with van der Waals surface area (Å²) in [6.45, 7) is 3.72. The highest BCUT2D eigenvalue weighted by Gasteiger charge is 2.35. The number of hydrogen-bond acceptors (Lipinski definition) is 6. The van der Waals surface area contributed by atoms with E-state index in [4.69, 9.17) is 19.6 Å². The highest BCUT2D eigenvalue weighted by molar-refractivity contribution is 5.97. The molecule has 0 amide bonds. The fourth-order valence-corrected chi connectivity index (χ4v) is 5.27. The maximum absolute atomic E-state index is 6.58. The first kappa shape index (κ1) is 21.3. The van der Waals surface area contributed by atoms with Crippen molar-refractivity contribution in [2.45, 2.75) is 31.3 Å². The van der Waals surface area contributed by atoms with Gasteiger partial charge in [-0.3, -0.25) is 0 Å². The molecule has 3 aromatic rings. The van der Waals surface area contributed by atoms with Gasteiger partial charge in [-0.1, -0.05) is 42.5 Å². The van der Waals surface area contributed by atoms with Crippen LogP contribution in [0, 0.1) is 0 Å².